The molecule has 2 amide bonds. The summed E-state index contributed by atoms with van der Waals surface area (Å²) in [6.45, 7) is -0.117. The smallest absolute Gasteiger partial charge is 0.272 e. The number of anilines is 1. The molecule has 8 heteroatoms. The molecule has 0 bridgehead atoms. The van der Waals surface area contributed by atoms with Crippen LogP contribution in [0.5, 0.6) is 5.75 Å². The zero-order chi connectivity index (χ0) is 19.6. The molecule has 1 aliphatic heterocycles. The van der Waals surface area contributed by atoms with E-state index in [9.17, 15) is 9.59 Å². The van der Waals surface area contributed by atoms with Crippen LogP contribution in [0.15, 0.2) is 47.4 Å². The van der Waals surface area contributed by atoms with Gasteiger partial charge in [0.05, 0.1) is 29.9 Å². The van der Waals surface area contributed by atoms with Gasteiger partial charge in [0.15, 0.2) is 0 Å². The van der Waals surface area contributed by atoms with E-state index >= 15 is 0 Å². The fourth-order valence-corrected chi connectivity index (χ4v) is 4.08. The third-order valence-electron chi connectivity index (χ3n) is 3.86. The Morgan fingerprint density at radius 1 is 1.04 bits per heavy atom. The number of rotatable bonds is 6. The van der Waals surface area contributed by atoms with Gasteiger partial charge in [-0.05, 0) is 35.9 Å². The summed E-state index contributed by atoms with van der Waals surface area (Å²) in [4.78, 5) is 27.4. The molecule has 0 unspecified atom stereocenters. The van der Waals surface area contributed by atoms with Crippen LogP contribution in [0.25, 0.3) is 5.57 Å². The molecule has 3 rings (SSSR count). The minimum absolute atomic E-state index is 0.117. The summed E-state index contributed by atoms with van der Waals surface area (Å²) in [7, 11) is 1.55. The normalized spacial score (nSPS) is 14.3. The van der Waals surface area contributed by atoms with E-state index in [0.29, 0.717) is 27.0 Å². The second-order valence-electron chi connectivity index (χ2n) is 5.58. The van der Waals surface area contributed by atoms with Crippen LogP contribution in [0.2, 0.25) is 10.0 Å². The molecule has 5 nitrogen and oxygen atoms in total. The predicted octanol–water partition coefficient (Wildman–Crippen LogP) is 4.01. The first-order valence-corrected chi connectivity index (χ1v) is 9.67. The second kappa shape index (κ2) is 8.35. The fourth-order valence-electron chi connectivity index (χ4n) is 2.71. The standard InChI is InChI=1S/C19H15Cl2NO4S/c1-26-15-4-2-11(3-5-15)16-17(27-7-6-23)19(25)22(18(16)24)14-9-12(20)8-13(21)10-14/h2-5,8-10,23H,6-7H2,1H3. The van der Waals surface area contributed by atoms with Crippen molar-refractivity contribution in [2.24, 2.45) is 0 Å². The van der Waals surface area contributed by atoms with Gasteiger partial charge in [0.2, 0.25) is 0 Å². The number of carbonyl (C=O) groups excluding carboxylic acids is 2. The monoisotopic (exact) mass is 423 g/mol. The van der Waals surface area contributed by atoms with Gasteiger partial charge >= 0.3 is 0 Å². The van der Waals surface area contributed by atoms with Crippen molar-refractivity contribution < 1.29 is 19.4 Å². The summed E-state index contributed by atoms with van der Waals surface area (Å²) in [6, 6.07) is 11.4. The van der Waals surface area contributed by atoms with Gasteiger partial charge in [0.1, 0.15) is 5.75 Å². The molecule has 0 saturated carbocycles. The number of amides is 2. The molecule has 0 saturated heterocycles. The summed E-state index contributed by atoms with van der Waals surface area (Å²) in [5, 5.41) is 9.79. The molecule has 1 aliphatic rings. The van der Waals surface area contributed by atoms with Gasteiger partial charge in [-0.15, -0.1) is 11.8 Å². The van der Waals surface area contributed by atoms with Gasteiger partial charge in [-0.1, -0.05) is 35.3 Å². The molecule has 0 atom stereocenters. The molecule has 0 spiro atoms. The molecule has 0 aliphatic carbocycles. The summed E-state index contributed by atoms with van der Waals surface area (Å²) in [6.07, 6.45) is 0. The van der Waals surface area contributed by atoms with Crippen molar-refractivity contribution in [3.05, 3.63) is 63.0 Å². The molecule has 0 radical (unpaired) electrons. The molecule has 1 N–H and O–H groups in total. The molecule has 140 valence electrons. The number of thioether (sulfide) groups is 1. The number of aliphatic hydroxyl groups excluding tert-OH is 1. The molecule has 0 fully saturated rings. The number of aliphatic hydroxyl groups is 1. The predicted molar refractivity (Wildman–Crippen MR) is 108 cm³/mol. The SMILES string of the molecule is COc1ccc(C2=C(SCCO)C(=O)N(c3cc(Cl)cc(Cl)c3)C2=O)cc1. The average molecular weight is 424 g/mol. The number of nitrogens with zero attached hydrogens (tertiary/aromatic N) is 1. The van der Waals surface area contributed by atoms with Crippen LogP contribution in [0.1, 0.15) is 5.56 Å². The lowest BCUT2D eigenvalue weighted by atomic mass is 10.1. The number of benzene rings is 2. The Morgan fingerprint density at radius 3 is 2.22 bits per heavy atom. The maximum Gasteiger partial charge on any atom is 0.272 e. The maximum atomic E-state index is 13.1. The van der Waals surface area contributed by atoms with Crippen molar-refractivity contribution in [3.8, 4) is 5.75 Å². The van der Waals surface area contributed by atoms with E-state index in [0.717, 1.165) is 16.7 Å². The van der Waals surface area contributed by atoms with Crippen LogP contribution in [-0.2, 0) is 9.59 Å². The van der Waals surface area contributed by atoms with Gasteiger partial charge in [0, 0.05) is 15.8 Å². The number of halogens is 2. The van der Waals surface area contributed by atoms with Crippen molar-refractivity contribution >= 4 is 58.0 Å². The van der Waals surface area contributed by atoms with E-state index in [1.165, 1.54) is 18.2 Å². The Labute approximate surface area is 170 Å². The highest BCUT2D eigenvalue weighted by atomic mass is 35.5. The van der Waals surface area contributed by atoms with Crippen LogP contribution in [0, 0.1) is 0 Å². The zero-order valence-corrected chi connectivity index (χ0v) is 16.6. The average Bonchev–Trinajstić information content (AvgIpc) is 2.89. The first-order valence-electron chi connectivity index (χ1n) is 7.93. The van der Waals surface area contributed by atoms with E-state index in [2.05, 4.69) is 0 Å². The summed E-state index contributed by atoms with van der Waals surface area (Å²) < 4.78 is 5.14. The largest absolute Gasteiger partial charge is 0.497 e. The van der Waals surface area contributed by atoms with Gasteiger partial charge in [-0.3, -0.25) is 9.59 Å². The van der Waals surface area contributed by atoms with E-state index in [4.69, 9.17) is 33.0 Å². The number of ether oxygens (including phenoxy) is 1. The zero-order valence-electron chi connectivity index (χ0n) is 14.2. The third kappa shape index (κ3) is 3.99. The fraction of sp³-hybridized carbons (Fsp3) is 0.158. The summed E-state index contributed by atoms with van der Waals surface area (Å²) in [5.41, 5.74) is 1.16. The maximum absolute atomic E-state index is 13.1. The molecular weight excluding hydrogens is 409 g/mol. The van der Waals surface area contributed by atoms with E-state index < -0.39 is 11.8 Å². The molecule has 27 heavy (non-hydrogen) atoms. The lowest BCUT2D eigenvalue weighted by molar-refractivity contribution is -0.119. The minimum Gasteiger partial charge on any atom is -0.497 e. The van der Waals surface area contributed by atoms with Gasteiger partial charge < -0.3 is 9.84 Å². The van der Waals surface area contributed by atoms with Crippen LogP contribution >= 0.6 is 35.0 Å². The number of imide groups is 1. The molecule has 2 aromatic carbocycles. The summed E-state index contributed by atoms with van der Waals surface area (Å²) in [5.74, 6) is -0.0104. The third-order valence-corrected chi connectivity index (χ3v) is 5.35. The lowest BCUT2D eigenvalue weighted by Crippen LogP contribution is -2.31. The highest BCUT2D eigenvalue weighted by Gasteiger charge is 2.40. The molecule has 0 aromatic heterocycles. The highest BCUT2D eigenvalue weighted by molar-refractivity contribution is 8.04. The highest BCUT2D eigenvalue weighted by Crippen LogP contribution is 2.39. The van der Waals surface area contributed by atoms with Crippen LogP contribution in [-0.4, -0.2) is 36.4 Å². The number of hydrogen-bond donors (Lipinski definition) is 1. The Bertz CT molecular complexity index is 908. The molecular formula is C19H15Cl2NO4S. The van der Waals surface area contributed by atoms with E-state index in [1.54, 1.807) is 31.4 Å². The van der Waals surface area contributed by atoms with E-state index in [1.807, 2.05) is 0 Å². The molecule has 2 aromatic rings. The Kier molecular flexibility index (Phi) is 6.11. The second-order valence-corrected chi connectivity index (χ2v) is 7.56. The van der Waals surface area contributed by atoms with Crippen molar-refractivity contribution in [3.63, 3.8) is 0 Å². The van der Waals surface area contributed by atoms with Crippen molar-refractivity contribution in [1.29, 1.82) is 0 Å². The van der Waals surface area contributed by atoms with Gasteiger partial charge in [-0.2, -0.15) is 0 Å². The van der Waals surface area contributed by atoms with Gasteiger partial charge in [-0.25, -0.2) is 4.90 Å². The van der Waals surface area contributed by atoms with E-state index in [-0.39, 0.29) is 22.8 Å². The topological polar surface area (TPSA) is 66.8 Å². The first-order chi connectivity index (χ1) is 13.0. The minimum atomic E-state index is -0.470. The van der Waals surface area contributed by atoms with Crippen molar-refractivity contribution in [1.82, 2.24) is 0 Å². The Balaban J connectivity index is 2.07. The van der Waals surface area contributed by atoms with Crippen LogP contribution in [0.4, 0.5) is 5.69 Å². The summed E-state index contributed by atoms with van der Waals surface area (Å²) >= 11 is 13.2. The Hall–Kier alpha value is -1.99. The number of hydrogen-bond acceptors (Lipinski definition) is 5. The molecule has 1 heterocycles. The lowest BCUT2D eigenvalue weighted by Gasteiger charge is -2.16. The van der Waals surface area contributed by atoms with Crippen molar-refractivity contribution in [2.75, 3.05) is 24.4 Å². The number of carbonyl (C=O) groups is 2. The van der Waals surface area contributed by atoms with Crippen LogP contribution in [0.3, 0.4) is 0 Å². The quantitative estimate of drug-likeness (QED) is 0.710. The number of methoxy groups -OCH3 is 1. The van der Waals surface area contributed by atoms with Gasteiger partial charge in [0.25, 0.3) is 11.8 Å². The van der Waals surface area contributed by atoms with Crippen LogP contribution < -0.4 is 9.64 Å². The van der Waals surface area contributed by atoms with Crippen molar-refractivity contribution in [2.45, 2.75) is 0 Å². The Morgan fingerprint density at radius 2 is 1.67 bits per heavy atom. The first kappa shape index (κ1) is 19.8.